The molecule has 2 N–H and O–H groups in total. The summed E-state index contributed by atoms with van der Waals surface area (Å²) in [6.07, 6.45) is 3.79. The first kappa shape index (κ1) is 14.4. The van der Waals surface area contributed by atoms with Gasteiger partial charge in [0.2, 0.25) is 0 Å². The molecule has 1 aromatic heterocycles. The monoisotopic (exact) mass is 293 g/mol. The number of para-hydroxylation sites is 1. The van der Waals surface area contributed by atoms with Crippen molar-refractivity contribution in [3.63, 3.8) is 0 Å². The van der Waals surface area contributed by atoms with Gasteiger partial charge in [0, 0.05) is 6.04 Å². The lowest BCUT2D eigenvalue weighted by Crippen LogP contribution is -2.06. The van der Waals surface area contributed by atoms with Crippen molar-refractivity contribution in [3.8, 4) is 5.69 Å². The first-order valence-corrected chi connectivity index (χ1v) is 7.32. The van der Waals surface area contributed by atoms with Gasteiger partial charge in [0.15, 0.2) is 0 Å². The molecule has 1 unspecified atom stereocenters. The summed E-state index contributed by atoms with van der Waals surface area (Å²) in [5.41, 5.74) is 4.06. The number of aliphatic hydroxyl groups is 1. The van der Waals surface area contributed by atoms with Crippen molar-refractivity contribution >= 4 is 5.69 Å². The van der Waals surface area contributed by atoms with Crippen LogP contribution in [0.15, 0.2) is 67.0 Å². The van der Waals surface area contributed by atoms with Gasteiger partial charge in [-0.1, -0.05) is 42.5 Å². The van der Waals surface area contributed by atoms with E-state index < -0.39 is 0 Å². The number of aromatic nitrogens is 2. The fourth-order valence-electron chi connectivity index (χ4n) is 2.41. The highest BCUT2D eigenvalue weighted by Gasteiger charge is 2.08. The zero-order chi connectivity index (χ0) is 15.4. The fraction of sp³-hybridized carbons (Fsp3) is 0.167. The SMILES string of the molecule is CC(Nc1cnn(-c2ccccc2)c1)c1cccc(CO)c1. The largest absolute Gasteiger partial charge is 0.392 e. The molecule has 22 heavy (non-hydrogen) atoms. The number of benzene rings is 2. The van der Waals surface area contributed by atoms with E-state index in [2.05, 4.69) is 23.4 Å². The van der Waals surface area contributed by atoms with Gasteiger partial charge in [-0.05, 0) is 30.2 Å². The van der Waals surface area contributed by atoms with Gasteiger partial charge in [-0.2, -0.15) is 5.10 Å². The van der Waals surface area contributed by atoms with Crippen molar-refractivity contribution in [1.29, 1.82) is 0 Å². The number of aliphatic hydroxyl groups excluding tert-OH is 1. The Morgan fingerprint density at radius 3 is 2.73 bits per heavy atom. The number of rotatable bonds is 5. The molecule has 4 heteroatoms. The Morgan fingerprint density at radius 2 is 1.95 bits per heavy atom. The van der Waals surface area contributed by atoms with E-state index in [0.717, 1.165) is 22.5 Å². The molecule has 0 saturated heterocycles. The molecule has 3 rings (SSSR count). The van der Waals surface area contributed by atoms with Crippen LogP contribution in [0.2, 0.25) is 0 Å². The number of anilines is 1. The quantitative estimate of drug-likeness (QED) is 0.756. The predicted molar refractivity (Wildman–Crippen MR) is 88.0 cm³/mol. The van der Waals surface area contributed by atoms with Gasteiger partial charge >= 0.3 is 0 Å². The molecular weight excluding hydrogens is 274 g/mol. The Morgan fingerprint density at radius 1 is 1.14 bits per heavy atom. The second-order valence-corrected chi connectivity index (χ2v) is 5.28. The van der Waals surface area contributed by atoms with Crippen LogP contribution < -0.4 is 5.32 Å². The summed E-state index contributed by atoms with van der Waals surface area (Å²) in [5.74, 6) is 0. The lowest BCUT2D eigenvalue weighted by atomic mass is 10.1. The number of nitrogens with zero attached hydrogens (tertiary/aromatic N) is 2. The van der Waals surface area contributed by atoms with Gasteiger partial charge in [0.05, 0.1) is 30.4 Å². The van der Waals surface area contributed by atoms with Crippen molar-refractivity contribution in [2.75, 3.05) is 5.32 Å². The molecule has 0 fully saturated rings. The molecule has 4 nitrogen and oxygen atoms in total. The van der Waals surface area contributed by atoms with E-state index in [-0.39, 0.29) is 12.6 Å². The number of nitrogens with one attached hydrogen (secondary N) is 1. The zero-order valence-electron chi connectivity index (χ0n) is 12.5. The molecular formula is C18H19N3O. The third-order valence-corrected chi connectivity index (χ3v) is 3.62. The molecule has 0 aliphatic rings. The van der Waals surface area contributed by atoms with E-state index >= 15 is 0 Å². The predicted octanol–water partition coefficient (Wildman–Crippen LogP) is 3.54. The molecule has 0 spiro atoms. The highest BCUT2D eigenvalue weighted by atomic mass is 16.3. The zero-order valence-corrected chi connectivity index (χ0v) is 12.5. The van der Waals surface area contributed by atoms with Gasteiger partial charge in [0.1, 0.15) is 0 Å². The normalized spacial score (nSPS) is 12.1. The summed E-state index contributed by atoms with van der Waals surface area (Å²) in [6, 6.07) is 18.1. The van der Waals surface area contributed by atoms with Crippen LogP contribution in [0.5, 0.6) is 0 Å². The Kier molecular flexibility index (Phi) is 4.21. The van der Waals surface area contributed by atoms with Crippen LogP contribution >= 0.6 is 0 Å². The van der Waals surface area contributed by atoms with Crippen molar-refractivity contribution in [3.05, 3.63) is 78.1 Å². The van der Waals surface area contributed by atoms with E-state index in [0.29, 0.717) is 0 Å². The summed E-state index contributed by atoms with van der Waals surface area (Å²) in [5, 5.41) is 17.0. The van der Waals surface area contributed by atoms with Crippen LogP contribution in [0.1, 0.15) is 24.1 Å². The van der Waals surface area contributed by atoms with Crippen LogP contribution in [-0.4, -0.2) is 14.9 Å². The fourth-order valence-corrected chi connectivity index (χ4v) is 2.41. The summed E-state index contributed by atoms with van der Waals surface area (Å²) in [6.45, 7) is 2.16. The van der Waals surface area contributed by atoms with Crippen molar-refractivity contribution in [2.24, 2.45) is 0 Å². The van der Waals surface area contributed by atoms with Crippen molar-refractivity contribution in [1.82, 2.24) is 9.78 Å². The van der Waals surface area contributed by atoms with Gasteiger partial charge in [0.25, 0.3) is 0 Å². The molecule has 0 radical (unpaired) electrons. The third-order valence-electron chi connectivity index (χ3n) is 3.62. The van der Waals surface area contributed by atoms with Crippen molar-refractivity contribution < 1.29 is 5.11 Å². The molecule has 0 saturated carbocycles. The maximum Gasteiger partial charge on any atom is 0.0735 e. The van der Waals surface area contributed by atoms with Gasteiger partial charge < -0.3 is 10.4 Å². The first-order valence-electron chi connectivity index (χ1n) is 7.32. The highest BCUT2D eigenvalue weighted by Crippen LogP contribution is 2.20. The van der Waals surface area contributed by atoms with E-state index in [1.807, 2.05) is 65.6 Å². The molecule has 0 aliphatic heterocycles. The minimum atomic E-state index is 0.0620. The van der Waals surface area contributed by atoms with Crippen LogP contribution in [0.25, 0.3) is 5.69 Å². The average molecular weight is 293 g/mol. The minimum absolute atomic E-state index is 0.0620. The molecule has 3 aromatic rings. The minimum Gasteiger partial charge on any atom is -0.392 e. The summed E-state index contributed by atoms with van der Waals surface area (Å²) >= 11 is 0. The molecule has 112 valence electrons. The number of hydrogen-bond donors (Lipinski definition) is 2. The van der Waals surface area contributed by atoms with E-state index in [1.54, 1.807) is 0 Å². The maximum atomic E-state index is 9.23. The van der Waals surface area contributed by atoms with Gasteiger partial charge in [-0.25, -0.2) is 4.68 Å². The Hall–Kier alpha value is -2.59. The van der Waals surface area contributed by atoms with Gasteiger partial charge in [-0.3, -0.25) is 0 Å². The molecule has 0 amide bonds. The van der Waals surface area contributed by atoms with E-state index in [9.17, 15) is 5.11 Å². The third kappa shape index (κ3) is 3.18. The van der Waals surface area contributed by atoms with Crippen LogP contribution in [-0.2, 0) is 6.61 Å². The first-order chi connectivity index (χ1) is 10.8. The summed E-state index contributed by atoms with van der Waals surface area (Å²) in [4.78, 5) is 0. The maximum absolute atomic E-state index is 9.23. The second-order valence-electron chi connectivity index (χ2n) is 5.28. The van der Waals surface area contributed by atoms with Gasteiger partial charge in [-0.15, -0.1) is 0 Å². The summed E-state index contributed by atoms with van der Waals surface area (Å²) in [7, 11) is 0. The Labute approximate surface area is 130 Å². The molecule has 2 aromatic carbocycles. The van der Waals surface area contributed by atoms with Crippen molar-refractivity contribution in [2.45, 2.75) is 19.6 Å². The van der Waals surface area contributed by atoms with Crippen LogP contribution in [0.4, 0.5) is 5.69 Å². The average Bonchev–Trinajstić information content (AvgIpc) is 3.04. The summed E-state index contributed by atoms with van der Waals surface area (Å²) < 4.78 is 1.85. The Bertz CT molecular complexity index is 737. The van der Waals surface area contributed by atoms with E-state index in [4.69, 9.17) is 0 Å². The van der Waals surface area contributed by atoms with Crippen LogP contribution in [0.3, 0.4) is 0 Å². The lowest BCUT2D eigenvalue weighted by molar-refractivity contribution is 0.281. The molecule has 0 aliphatic carbocycles. The smallest absolute Gasteiger partial charge is 0.0735 e. The topological polar surface area (TPSA) is 50.1 Å². The molecule has 0 bridgehead atoms. The van der Waals surface area contributed by atoms with Crippen LogP contribution in [0, 0.1) is 0 Å². The van der Waals surface area contributed by atoms with E-state index in [1.165, 1.54) is 0 Å². The Balaban J connectivity index is 1.74. The standard InChI is InChI=1S/C18H19N3O/c1-14(16-7-5-6-15(10-16)13-22)20-17-11-19-21(12-17)18-8-3-2-4-9-18/h2-12,14,20,22H,13H2,1H3. The number of hydrogen-bond acceptors (Lipinski definition) is 3. The molecule has 1 heterocycles. The second kappa shape index (κ2) is 6.45. The molecule has 1 atom stereocenters. The highest BCUT2D eigenvalue weighted by molar-refractivity contribution is 5.44. The lowest BCUT2D eigenvalue weighted by Gasteiger charge is -2.14.